The van der Waals surface area contributed by atoms with Crippen molar-refractivity contribution in [2.45, 2.75) is 51.5 Å². The molecular weight excluding hydrogens is 262 g/mol. The van der Waals surface area contributed by atoms with E-state index in [0.29, 0.717) is 6.04 Å². The average Bonchev–Trinajstić information content (AvgIpc) is 3.18. The van der Waals surface area contributed by atoms with Crippen molar-refractivity contribution in [1.29, 1.82) is 0 Å². The zero-order valence-electron chi connectivity index (χ0n) is 12.9. The Morgan fingerprint density at radius 1 is 1.10 bits per heavy atom. The van der Waals surface area contributed by atoms with Gasteiger partial charge in [0.25, 0.3) is 0 Å². The van der Waals surface area contributed by atoms with Crippen LogP contribution in [0.5, 0.6) is 0 Å². The van der Waals surface area contributed by atoms with Crippen LogP contribution >= 0.6 is 0 Å². The second-order valence-electron chi connectivity index (χ2n) is 6.55. The summed E-state index contributed by atoms with van der Waals surface area (Å²) in [4.78, 5) is 11.9. The molecule has 21 heavy (non-hydrogen) atoms. The molecule has 0 unspecified atom stereocenters. The first-order valence-corrected chi connectivity index (χ1v) is 8.17. The van der Waals surface area contributed by atoms with E-state index in [-0.39, 0.29) is 0 Å². The van der Waals surface area contributed by atoms with E-state index in [2.05, 4.69) is 15.0 Å². The maximum atomic E-state index is 4.78. The van der Waals surface area contributed by atoms with Gasteiger partial charge in [-0.1, -0.05) is 12.8 Å². The van der Waals surface area contributed by atoms with Crippen molar-refractivity contribution in [2.75, 3.05) is 11.4 Å². The van der Waals surface area contributed by atoms with Gasteiger partial charge in [-0.25, -0.2) is 9.97 Å². The summed E-state index contributed by atoms with van der Waals surface area (Å²) in [5, 5.41) is 5.48. The predicted octanol–water partition coefficient (Wildman–Crippen LogP) is 2.83. The second-order valence-corrected chi connectivity index (χ2v) is 6.55. The fourth-order valence-electron chi connectivity index (χ4n) is 4.22. The van der Waals surface area contributed by atoms with Crippen LogP contribution in [0, 0.1) is 12.8 Å². The van der Waals surface area contributed by atoms with Crippen molar-refractivity contribution >= 4 is 16.9 Å². The van der Waals surface area contributed by atoms with Crippen LogP contribution in [0.25, 0.3) is 11.0 Å². The number of aryl methyl sites for hydroxylation is 2. The molecule has 0 aromatic carbocycles. The minimum atomic E-state index is 0.671. The molecule has 2 aliphatic rings. The Hall–Kier alpha value is -1.65. The predicted molar refractivity (Wildman–Crippen MR) is 83.4 cm³/mol. The van der Waals surface area contributed by atoms with E-state index in [4.69, 9.17) is 4.98 Å². The summed E-state index contributed by atoms with van der Waals surface area (Å²) in [6.45, 7) is 3.11. The van der Waals surface area contributed by atoms with E-state index in [1.54, 1.807) is 0 Å². The Labute approximate surface area is 125 Å². The maximum Gasteiger partial charge on any atom is 0.163 e. The molecule has 0 spiro atoms. The molecule has 1 atom stereocenters. The van der Waals surface area contributed by atoms with Gasteiger partial charge in [-0.3, -0.25) is 4.68 Å². The highest BCUT2D eigenvalue weighted by Crippen LogP contribution is 2.38. The summed E-state index contributed by atoms with van der Waals surface area (Å²) in [5.41, 5.74) is 0.953. The van der Waals surface area contributed by atoms with Gasteiger partial charge < -0.3 is 4.90 Å². The van der Waals surface area contributed by atoms with Crippen molar-refractivity contribution in [3.8, 4) is 0 Å². The zero-order valence-corrected chi connectivity index (χ0v) is 12.9. The van der Waals surface area contributed by atoms with Gasteiger partial charge >= 0.3 is 0 Å². The Kier molecular flexibility index (Phi) is 3.08. The molecule has 5 nitrogen and oxygen atoms in total. The number of hydrogen-bond donors (Lipinski definition) is 0. The quantitative estimate of drug-likeness (QED) is 0.851. The fraction of sp³-hybridized carbons (Fsp3) is 0.688. The van der Waals surface area contributed by atoms with Gasteiger partial charge in [-0.2, -0.15) is 5.10 Å². The standard InChI is InChI=1S/C16H23N5/c1-11-18-15-13(10-17-20(15)2)16(19-11)21-9-5-8-14(21)12-6-3-4-7-12/h10,12,14H,3-9H2,1-2H3/t14-/m1/s1. The largest absolute Gasteiger partial charge is 0.353 e. The van der Waals surface area contributed by atoms with Crippen LogP contribution in [0.3, 0.4) is 0 Å². The third-order valence-electron chi connectivity index (χ3n) is 5.20. The van der Waals surface area contributed by atoms with Crippen molar-refractivity contribution in [3.63, 3.8) is 0 Å². The highest BCUT2D eigenvalue weighted by atomic mass is 15.3. The molecular formula is C16H23N5. The fourth-order valence-corrected chi connectivity index (χ4v) is 4.22. The first kappa shape index (κ1) is 13.0. The monoisotopic (exact) mass is 285 g/mol. The van der Waals surface area contributed by atoms with E-state index >= 15 is 0 Å². The molecule has 5 heteroatoms. The van der Waals surface area contributed by atoms with E-state index < -0.39 is 0 Å². The van der Waals surface area contributed by atoms with Gasteiger partial charge in [0.05, 0.1) is 11.6 Å². The topological polar surface area (TPSA) is 46.8 Å². The SMILES string of the molecule is Cc1nc(N2CCC[C@@H]2C2CCCC2)c2cnn(C)c2n1. The number of anilines is 1. The van der Waals surface area contributed by atoms with Crippen LogP contribution in [0.2, 0.25) is 0 Å². The zero-order chi connectivity index (χ0) is 14.4. The first-order chi connectivity index (χ1) is 10.2. The summed E-state index contributed by atoms with van der Waals surface area (Å²) in [6, 6.07) is 0.671. The minimum absolute atomic E-state index is 0.671. The van der Waals surface area contributed by atoms with E-state index in [0.717, 1.165) is 35.1 Å². The van der Waals surface area contributed by atoms with E-state index in [9.17, 15) is 0 Å². The summed E-state index contributed by atoms with van der Waals surface area (Å²) in [6.07, 6.45) is 10.1. The minimum Gasteiger partial charge on any atom is -0.353 e. The number of rotatable bonds is 2. The summed E-state index contributed by atoms with van der Waals surface area (Å²) < 4.78 is 1.86. The van der Waals surface area contributed by atoms with Crippen molar-refractivity contribution in [2.24, 2.45) is 13.0 Å². The van der Waals surface area contributed by atoms with Gasteiger partial charge in [0, 0.05) is 19.6 Å². The van der Waals surface area contributed by atoms with E-state index in [1.807, 2.05) is 24.9 Å². The molecule has 2 aromatic rings. The number of aromatic nitrogens is 4. The smallest absolute Gasteiger partial charge is 0.163 e. The number of nitrogens with zero attached hydrogens (tertiary/aromatic N) is 5. The first-order valence-electron chi connectivity index (χ1n) is 8.17. The molecule has 1 saturated carbocycles. The Morgan fingerprint density at radius 3 is 2.71 bits per heavy atom. The van der Waals surface area contributed by atoms with Crippen molar-refractivity contribution in [1.82, 2.24) is 19.7 Å². The number of hydrogen-bond acceptors (Lipinski definition) is 4. The molecule has 0 bridgehead atoms. The lowest BCUT2D eigenvalue weighted by molar-refractivity contribution is 0.429. The molecule has 4 rings (SSSR count). The molecule has 1 saturated heterocycles. The van der Waals surface area contributed by atoms with Crippen LogP contribution in [0.1, 0.15) is 44.3 Å². The number of fused-ring (bicyclic) bond motifs is 1. The van der Waals surface area contributed by atoms with Gasteiger partial charge in [0.1, 0.15) is 11.6 Å². The van der Waals surface area contributed by atoms with E-state index in [1.165, 1.54) is 38.5 Å². The lowest BCUT2D eigenvalue weighted by atomic mass is 9.96. The van der Waals surface area contributed by atoms with Crippen LogP contribution < -0.4 is 4.90 Å². The molecule has 3 heterocycles. The highest BCUT2D eigenvalue weighted by molar-refractivity contribution is 5.87. The molecule has 2 aromatic heterocycles. The maximum absolute atomic E-state index is 4.78. The normalized spacial score (nSPS) is 23.5. The average molecular weight is 285 g/mol. The van der Waals surface area contributed by atoms with Gasteiger partial charge in [0.2, 0.25) is 0 Å². The highest BCUT2D eigenvalue weighted by Gasteiger charge is 2.35. The summed E-state index contributed by atoms with van der Waals surface area (Å²) >= 11 is 0. The second kappa shape index (κ2) is 4.97. The van der Waals surface area contributed by atoms with Crippen molar-refractivity contribution < 1.29 is 0 Å². The third kappa shape index (κ3) is 2.10. The van der Waals surface area contributed by atoms with Crippen LogP contribution in [0.4, 0.5) is 5.82 Å². The van der Waals surface area contributed by atoms with Gasteiger partial charge in [0.15, 0.2) is 5.65 Å². The lowest BCUT2D eigenvalue weighted by Crippen LogP contribution is -2.35. The van der Waals surface area contributed by atoms with Gasteiger partial charge in [-0.15, -0.1) is 0 Å². The summed E-state index contributed by atoms with van der Waals surface area (Å²) in [5.74, 6) is 2.81. The molecule has 1 aliphatic carbocycles. The van der Waals surface area contributed by atoms with Crippen LogP contribution in [-0.2, 0) is 7.05 Å². The van der Waals surface area contributed by atoms with Crippen LogP contribution in [0.15, 0.2) is 6.20 Å². The summed E-state index contributed by atoms with van der Waals surface area (Å²) in [7, 11) is 1.96. The molecule has 2 fully saturated rings. The van der Waals surface area contributed by atoms with Gasteiger partial charge in [-0.05, 0) is 38.5 Å². The Balaban J connectivity index is 1.77. The van der Waals surface area contributed by atoms with Crippen molar-refractivity contribution in [3.05, 3.63) is 12.0 Å². The molecule has 0 amide bonds. The lowest BCUT2D eigenvalue weighted by Gasteiger charge is -2.30. The Morgan fingerprint density at radius 2 is 1.90 bits per heavy atom. The molecule has 0 N–H and O–H groups in total. The Bertz CT molecular complexity index is 656. The molecule has 1 aliphatic heterocycles. The molecule has 0 radical (unpaired) electrons. The third-order valence-corrected chi connectivity index (χ3v) is 5.20. The van der Waals surface area contributed by atoms with Crippen LogP contribution in [-0.4, -0.2) is 32.3 Å². The molecule has 112 valence electrons.